The fraction of sp³-hybridized carbons (Fsp3) is 0.143. The maximum absolute atomic E-state index is 13.4. The molecule has 11 heteroatoms. The minimum atomic E-state index is -4.56. The molecule has 0 aliphatic carbocycles. The van der Waals surface area contributed by atoms with Gasteiger partial charge in [-0.2, -0.15) is 13.2 Å². The first-order valence-electron chi connectivity index (χ1n) is 9.10. The van der Waals surface area contributed by atoms with E-state index in [4.69, 9.17) is 15.6 Å². The number of rotatable bonds is 8. The number of aliphatic carboxylic acids is 1. The molecule has 1 aromatic carbocycles. The number of nitrogens with zero attached hydrogens (tertiary/aromatic N) is 3. The van der Waals surface area contributed by atoms with Gasteiger partial charge in [0.15, 0.2) is 0 Å². The Bertz CT molecular complexity index is 1140. The van der Waals surface area contributed by atoms with Crippen molar-refractivity contribution in [1.29, 1.82) is 0 Å². The van der Waals surface area contributed by atoms with Crippen LogP contribution in [0.4, 0.5) is 13.2 Å². The van der Waals surface area contributed by atoms with Crippen LogP contribution in [0.1, 0.15) is 16.1 Å². The second kappa shape index (κ2) is 10.1. The number of carboxylic acid groups (broad SMARTS) is 1. The highest BCUT2D eigenvalue weighted by molar-refractivity contribution is 7.09. The molecule has 7 nitrogen and oxygen atoms in total. The molecule has 0 radical (unpaired) electrons. The van der Waals surface area contributed by atoms with Crippen LogP contribution in [0.25, 0.3) is 11.3 Å². The largest absolute Gasteiger partial charge is 0.489 e. The van der Waals surface area contributed by atoms with Crippen LogP contribution < -0.4 is 10.5 Å². The van der Waals surface area contributed by atoms with Crippen molar-refractivity contribution in [3.63, 3.8) is 0 Å². The summed E-state index contributed by atoms with van der Waals surface area (Å²) < 4.78 is 45.8. The molecule has 0 fully saturated rings. The number of ether oxygens (including phenoxy) is 1. The number of nitrogens with two attached hydrogens (primary N) is 1. The van der Waals surface area contributed by atoms with Gasteiger partial charge in [0, 0.05) is 41.3 Å². The SMILES string of the molecule is NC=C(C=NCc1nc(-c2cc(OCc3cccnc3)cc(C(F)(F)F)c2)cs1)C(=O)O. The van der Waals surface area contributed by atoms with E-state index in [0.29, 0.717) is 16.3 Å². The lowest BCUT2D eigenvalue weighted by molar-refractivity contribution is -0.137. The van der Waals surface area contributed by atoms with E-state index in [9.17, 15) is 18.0 Å². The van der Waals surface area contributed by atoms with Gasteiger partial charge in [-0.05, 0) is 24.3 Å². The topological polar surface area (TPSA) is 111 Å². The predicted molar refractivity (Wildman–Crippen MR) is 113 cm³/mol. The van der Waals surface area contributed by atoms with E-state index in [-0.39, 0.29) is 30.0 Å². The van der Waals surface area contributed by atoms with Crippen molar-refractivity contribution < 1.29 is 27.8 Å². The standard InChI is InChI=1S/C21H17F3N4O3S/c22-21(23,24)16-4-14(5-17(6-16)31-11-13-2-1-3-26-8-13)18-12-32-19(28-18)10-27-9-15(7-25)20(29)30/h1-9,12H,10-11,25H2,(H,29,30). The molecule has 2 heterocycles. The summed E-state index contributed by atoms with van der Waals surface area (Å²) in [7, 11) is 0. The number of halogens is 3. The van der Waals surface area contributed by atoms with Crippen molar-refractivity contribution in [3.8, 4) is 17.0 Å². The number of hydrogen-bond donors (Lipinski definition) is 2. The number of aromatic nitrogens is 2. The summed E-state index contributed by atoms with van der Waals surface area (Å²) in [5.41, 5.74) is 5.44. The molecule has 3 aromatic rings. The Morgan fingerprint density at radius 1 is 1.31 bits per heavy atom. The summed E-state index contributed by atoms with van der Waals surface area (Å²) in [5, 5.41) is 11.0. The third-order valence-electron chi connectivity index (χ3n) is 4.09. The van der Waals surface area contributed by atoms with Crippen molar-refractivity contribution >= 4 is 23.5 Å². The van der Waals surface area contributed by atoms with Gasteiger partial charge in [0.25, 0.3) is 0 Å². The first kappa shape index (κ1) is 22.9. The van der Waals surface area contributed by atoms with Crippen LogP contribution in [-0.2, 0) is 24.1 Å². The van der Waals surface area contributed by atoms with Crippen molar-refractivity contribution in [3.05, 3.63) is 76.0 Å². The molecule has 0 aliphatic rings. The Morgan fingerprint density at radius 3 is 2.78 bits per heavy atom. The number of pyridine rings is 1. The van der Waals surface area contributed by atoms with Crippen molar-refractivity contribution in [2.75, 3.05) is 0 Å². The van der Waals surface area contributed by atoms with Gasteiger partial charge in [-0.25, -0.2) is 9.78 Å². The van der Waals surface area contributed by atoms with Crippen molar-refractivity contribution in [1.82, 2.24) is 9.97 Å². The number of thiazole rings is 1. The summed E-state index contributed by atoms with van der Waals surface area (Å²) >= 11 is 1.19. The third kappa shape index (κ3) is 6.14. The Hall–Kier alpha value is -3.73. The maximum atomic E-state index is 13.4. The van der Waals surface area contributed by atoms with Crippen LogP contribution in [0.3, 0.4) is 0 Å². The highest BCUT2D eigenvalue weighted by Gasteiger charge is 2.31. The number of carbonyl (C=O) groups is 1. The summed E-state index contributed by atoms with van der Waals surface area (Å²) in [4.78, 5) is 23.1. The maximum Gasteiger partial charge on any atom is 0.416 e. The van der Waals surface area contributed by atoms with E-state index in [0.717, 1.165) is 24.5 Å². The van der Waals surface area contributed by atoms with Gasteiger partial charge in [-0.3, -0.25) is 9.98 Å². The highest BCUT2D eigenvalue weighted by Crippen LogP contribution is 2.36. The van der Waals surface area contributed by atoms with E-state index >= 15 is 0 Å². The minimum Gasteiger partial charge on any atom is -0.489 e. The van der Waals surface area contributed by atoms with Gasteiger partial charge < -0.3 is 15.6 Å². The molecule has 0 saturated carbocycles. The number of hydrogen-bond acceptors (Lipinski definition) is 7. The molecular formula is C21H17F3N4O3S. The molecule has 0 amide bonds. The molecule has 0 spiro atoms. The summed E-state index contributed by atoms with van der Waals surface area (Å²) in [6.45, 7) is 0.116. The number of carboxylic acids is 1. The first-order chi connectivity index (χ1) is 15.3. The molecule has 2 aromatic heterocycles. The Balaban J connectivity index is 1.82. The molecular weight excluding hydrogens is 445 g/mol. The Labute approximate surface area is 184 Å². The van der Waals surface area contributed by atoms with Gasteiger partial charge in [0.2, 0.25) is 0 Å². The predicted octanol–water partition coefficient (Wildman–Crippen LogP) is 4.30. The quantitative estimate of drug-likeness (QED) is 0.381. The monoisotopic (exact) mass is 462 g/mol. The lowest BCUT2D eigenvalue weighted by Gasteiger charge is -2.12. The van der Waals surface area contributed by atoms with Crippen molar-refractivity contribution in [2.45, 2.75) is 19.3 Å². The number of aliphatic imine (C=N–C) groups is 1. The number of benzene rings is 1. The van der Waals surface area contributed by atoms with Crippen LogP contribution in [-0.4, -0.2) is 27.3 Å². The molecule has 0 atom stereocenters. The molecule has 0 aliphatic heterocycles. The van der Waals surface area contributed by atoms with Crippen LogP contribution in [0.5, 0.6) is 5.75 Å². The highest BCUT2D eigenvalue weighted by atomic mass is 32.1. The number of alkyl halides is 3. The van der Waals surface area contributed by atoms with E-state index in [1.807, 2.05) is 0 Å². The van der Waals surface area contributed by atoms with Crippen LogP contribution >= 0.6 is 11.3 Å². The zero-order chi connectivity index (χ0) is 23.1. The Kier molecular flexibility index (Phi) is 7.21. The van der Waals surface area contributed by atoms with Gasteiger partial charge >= 0.3 is 12.1 Å². The molecule has 166 valence electrons. The summed E-state index contributed by atoms with van der Waals surface area (Å²) in [6, 6.07) is 6.87. The molecule has 3 N–H and O–H groups in total. The second-order valence-electron chi connectivity index (χ2n) is 6.42. The average molecular weight is 462 g/mol. The lowest BCUT2D eigenvalue weighted by Crippen LogP contribution is -2.06. The van der Waals surface area contributed by atoms with Crippen molar-refractivity contribution in [2.24, 2.45) is 10.7 Å². The van der Waals surface area contributed by atoms with Crippen LogP contribution in [0.2, 0.25) is 0 Å². The normalized spacial score (nSPS) is 12.3. The smallest absolute Gasteiger partial charge is 0.416 e. The molecule has 0 bridgehead atoms. The first-order valence-corrected chi connectivity index (χ1v) is 9.98. The molecule has 3 rings (SSSR count). The van der Waals surface area contributed by atoms with E-state index < -0.39 is 17.7 Å². The fourth-order valence-electron chi connectivity index (χ4n) is 2.55. The zero-order valence-electron chi connectivity index (χ0n) is 16.4. The van der Waals surface area contributed by atoms with Crippen LogP contribution in [0.15, 0.2) is 64.9 Å². The fourth-order valence-corrected chi connectivity index (χ4v) is 3.29. The minimum absolute atomic E-state index is 0.0467. The molecule has 0 unspecified atom stereocenters. The van der Waals surface area contributed by atoms with Gasteiger partial charge in [-0.1, -0.05) is 6.07 Å². The summed E-state index contributed by atoms with van der Waals surface area (Å²) in [6.07, 6.45) is 0.599. The van der Waals surface area contributed by atoms with Crippen LogP contribution in [0, 0.1) is 0 Å². The summed E-state index contributed by atoms with van der Waals surface area (Å²) in [5.74, 6) is -1.18. The van der Waals surface area contributed by atoms with Gasteiger partial charge in [0.05, 0.1) is 23.4 Å². The third-order valence-corrected chi connectivity index (χ3v) is 4.93. The van der Waals surface area contributed by atoms with E-state index in [2.05, 4.69) is 15.0 Å². The second-order valence-corrected chi connectivity index (χ2v) is 7.36. The molecule has 0 saturated heterocycles. The Morgan fingerprint density at radius 2 is 2.12 bits per heavy atom. The molecule has 32 heavy (non-hydrogen) atoms. The van der Waals surface area contributed by atoms with E-state index in [1.54, 1.807) is 29.9 Å². The van der Waals surface area contributed by atoms with Gasteiger partial charge in [0.1, 0.15) is 17.4 Å². The lowest BCUT2D eigenvalue weighted by atomic mass is 10.1. The average Bonchev–Trinajstić information content (AvgIpc) is 3.24. The van der Waals surface area contributed by atoms with Gasteiger partial charge in [-0.15, -0.1) is 11.3 Å². The zero-order valence-corrected chi connectivity index (χ0v) is 17.2. The van der Waals surface area contributed by atoms with E-state index in [1.165, 1.54) is 17.4 Å².